The minimum absolute atomic E-state index is 0.0233. The number of rotatable bonds is 7. The zero-order valence-electron chi connectivity index (χ0n) is 11.6. The molecule has 19 heavy (non-hydrogen) atoms. The highest BCUT2D eigenvalue weighted by atomic mass is 32.1. The summed E-state index contributed by atoms with van der Waals surface area (Å²) in [5.41, 5.74) is 0. The molecule has 1 atom stereocenters. The number of aliphatic hydroxyl groups is 1. The van der Waals surface area contributed by atoms with Gasteiger partial charge in [-0.2, -0.15) is 0 Å². The lowest BCUT2D eigenvalue weighted by atomic mass is 10.1. The summed E-state index contributed by atoms with van der Waals surface area (Å²) in [5, 5.41) is 23.6. The summed E-state index contributed by atoms with van der Waals surface area (Å²) >= 11 is 1.40. The lowest BCUT2D eigenvalue weighted by Gasteiger charge is -2.12. The van der Waals surface area contributed by atoms with E-state index >= 15 is 0 Å². The summed E-state index contributed by atoms with van der Waals surface area (Å²) < 4.78 is 0. The standard InChI is InChI=1S/C12H22N4O2S/c1-8(2)7-10-15-16-12(19-10)14-11(18)13-9(3)5-4-6-17/h8-9,17H,4-7H2,1-3H3,(H2,13,14,16,18). The first-order valence-electron chi connectivity index (χ1n) is 6.52. The molecule has 0 saturated carbocycles. The van der Waals surface area contributed by atoms with Gasteiger partial charge in [0.2, 0.25) is 5.13 Å². The van der Waals surface area contributed by atoms with Crippen molar-refractivity contribution in [3.8, 4) is 0 Å². The second-order valence-electron chi connectivity index (χ2n) is 4.96. The lowest BCUT2D eigenvalue weighted by Crippen LogP contribution is -2.36. The lowest BCUT2D eigenvalue weighted by molar-refractivity contribution is 0.245. The molecule has 3 N–H and O–H groups in total. The van der Waals surface area contributed by atoms with Crippen LogP contribution in [0.1, 0.15) is 38.6 Å². The zero-order valence-corrected chi connectivity index (χ0v) is 12.5. The van der Waals surface area contributed by atoms with E-state index in [1.54, 1.807) is 0 Å². The molecule has 0 aliphatic carbocycles. The quantitative estimate of drug-likeness (QED) is 0.715. The van der Waals surface area contributed by atoms with Gasteiger partial charge in [-0.3, -0.25) is 5.32 Å². The van der Waals surface area contributed by atoms with E-state index in [0.29, 0.717) is 17.5 Å². The molecule has 7 heteroatoms. The minimum atomic E-state index is -0.280. The second-order valence-corrected chi connectivity index (χ2v) is 6.03. The highest BCUT2D eigenvalue weighted by Gasteiger charge is 2.11. The number of hydrogen-bond acceptors (Lipinski definition) is 5. The van der Waals surface area contributed by atoms with Gasteiger partial charge in [0.25, 0.3) is 0 Å². The molecule has 1 rings (SSSR count). The number of carbonyl (C=O) groups is 1. The first-order valence-corrected chi connectivity index (χ1v) is 7.33. The van der Waals surface area contributed by atoms with Gasteiger partial charge in [0.15, 0.2) is 0 Å². The van der Waals surface area contributed by atoms with E-state index in [-0.39, 0.29) is 18.7 Å². The van der Waals surface area contributed by atoms with Crippen LogP contribution in [0.5, 0.6) is 0 Å². The van der Waals surface area contributed by atoms with Gasteiger partial charge >= 0.3 is 6.03 Å². The van der Waals surface area contributed by atoms with Crippen molar-refractivity contribution >= 4 is 22.5 Å². The average molecular weight is 286 g/mol. The molecule has 0 bridgehead atoms. The molecule has 1 aromatic rings. The Morgan fingerprint density at radius 2 is 2.11 bits per heavy atom. The van der Waals surface area contributed by atoms with E-state index < -0.39 is 0 Å². The predicted molar refractivity (Wildman–Crippen MR) is 76.4 cm³/mol. The largest absolute Gasteiger partial charge is 0.396 e. The van der Waals surface area contributed by atoms with Crippen LogP contribution in [0.2, 0.25) is 0 Å². The maximum atomic E-state index is 11.7. The molecule has 1 aromatic heterocycles. The van der Waals surface area contributed by atoms with Gasteiger partial charge in [-0.05, 0) is 25.7 Å². The maximum absolute atomic E-state index is 11.7. The third kappa shape index (κ3) is 6.49. The summed E-state index contributed by atoms with van der Waals surface area (Å²) in [4.78, 5) is 11.7. The Morgan fingerprint density at radius 1 is 1.37 bits per heavy atom. The van der Waals surface area contributed by atoms with Gasteiger partial charge in [-0.25, -0.2) is 4.79 Å². The molecule has 0 radical (unpaired) electrons. The number of nitrogens with zero attached hydrogens (tertiary/aromatic N) is 2. The van der Waals surface area contributed by atoms with Gasteiger partial charge < -0.3 is 10.4 Å². The van der Waals surface area contributed by atoms with E-state index in [1.165, 1.54) is 11.3 Å². The zero-order chi connectivity index (χ0) is 14.3. The predicted octanol–water partition coefficient (Wildman–Crippen LogP) is 2.02. The Hall–Kier alpha value is -1.21. The third-order valence-corrected chi connectivity index (χ3v) is 3.30. The van der Waals surface area contributed by atoms with E-state index in [1.807, 2.05) is 6.92 Å². The van der Waals surface area contributed by atoms with Crippen LogP contribution in [0.4, 0.5) is 9.93 Å². The smallest absolute Gasteiger partial charge is 0.321 e. The molecule has 108 valence electrons. The van der Waals surface area contributed by atoms with Crippen LogP contribution in [0.3, 0.4) is 0 Å². The van der Waals surface area contributed by atoms with Crippen molar-refractivity contribution in [1.82, 2.24) is 15.5 Å². The van der Waals surface area contributed by atoms with Gasteiger partial charge in [-0.1, -0.05) is 25.2 Å². The number of aromatic nitrogens is 2. The van der Waals surface area contributed by atoms with Gasteiger partial charge in [0, 0.05) is 19.1 Å². The van der Waals surface area contributed by atoms with Crippen LogP contribution in [0, 0.1) is 5.92 Å². The van der Waals surface area contributed by atoms with Crippen LogP contribution in [0.25, 0.3) is 0 Å². The molecular weight excluding hydrogens is 264 g/mol. The van der Waals surface area contributed by atoms with Crippen molar-refractivity contribution in [2.24, 2.45) is 5.92 Å². The highest BCUT2D eigenvalue weighted by molar-refractivity contribution is 7.15. The first-order chi connectivity index (χ1) is 9.01. The van der Waals surface area contributed by atoms with Crippen molar-refractivity contribution < 1.29 is 9.90 Å². The summed E-state index contributed by atoms with van der Waals surface area (Å²) in [5.74, 6) is 0.521. The Bertz CT molecular complexity index is 395. The molecule has 0 aromatic carbocycles. The van der Waals surface area contributed by atoms with E-state index in [2.05, 4.69) is 34.7 Å². The summed E-state index contributed by atoms with van der Waals surface area (Å²) in [7, 11) is 0. The fourth-order valence-corrected chi connectivity index (χ4v) is 2.51. The molecule has 1 unspecified atom stereocenters. The monoisotopic (exact) mass is 286 g/mol. The Morgan fingerprint density at radius 3 is 2.74 bits per heavy atom. The van der Waals surface area contributed by atoms with Crippen molar-refractivity contribution in [3.05, 3.63) is 5.01 Å². The molecule has 0 spiro atoms. The van der Waals surface area contributed by atoms with Crippen LogP contribution in [0.15, 0.2) is 0 Å². The number of aliphatic hydroxyl groups excluding tert-OH is 1. The van der Waals surface area contributed by atoms with Crippen LogP contribution in [-0.4, -0.2) is 34.0 Å². The molecule has 0 aliphatic heterocycles. The van der Waals surface area contributed by atoms with Crippen LogP contribution >= 0.6 is 11.3 Å². The van der Waals surface area contributed by atoms with Gasteiger partial charge in [-0.15, -0.1) is 10.2 Å². The van der Waals surface area contributed by atoms with Crippen molar-refractivity contribution in [2.75, 3.05) is 11.9 Å². The molecule has 0 fully saturated rings. The van der Waals surface area contributed by atoms with Crippen LogP contribution in [-0.2, 0) is 6.42 Å². The minimum Gasteiger partial charge on any atom is -0.396 e. The Kier molecular flexibility index (Phi) is 6.72. The van der Waals surface area contributed by atoms with Crippen LogP contribution < -0.4 is 10.6 Å². The molecule has 6 nitrogen and oxygen atoms in total. The summed E-state index contributed by atoms with van der Waals surface area (Å²) in [6.45, 7) is 6.27. The van der Waals surface area contributed by atoms with Crippen molar-refractivity contribution in [1.29, 1.82) is 0 Å². The maximum Gasteiger partial charge on any atom is 0.321 e. The molecular formula is C12H22N4O2S. The second kappa shape index (κ2) is 8.06. The fourth-order valence-electron chi connectivity index (χ4n) is 1.56. The Balaban J connectivity index is 2.37. The molecule has 0 aliphatic rings. The number of amides is 2. The van der Waals surface area contributed by atoms with Gasteiger partial charge in [0.1, 0.15) is 5.01 Å². The topological polar surface area (TPSA) is 87.1 Å². The number of carbonyl (C=O) groups excluding carboxylic acids is 1. The van der Waals surface area contributed by atoms with E-state index in [9.17, 15) is 4.79 Å². The fraction of sp³-hybridized carbons (Fsp3) is 0.750. The SMILES string of the molecule is CC(C)Cc1nnc(NC(=O)NC(C)CCCO)s1. The van der Waals surface area contributed by atoms with E-state index in [0.717, 1.165) is 17.8 Å². The number of hydrogen-bond donors (Lipinski definition) is 3. The first kappa shape index (κ1) is 15.8. The summed E-state index contributed by atoms with van der Waals surface area (Å²) in [6.07, 6.45) is 2.30. The van der Waals surface area contributed by atoms with Gasteiger partial charge in [0.05, 0.1) is 0 Å². The number of urea groups is 1. The van der Waals surface area contributed by atoms with Crippen molar-refractivity contribution in [3.63, 3.8) is 0 Å². The molecule has 2 amide bonds. The Labute approximate surface area is 117 Å². The normalized spacial score (nSPS) is 12.5. The number of anilines is 1. The molecule has 0 saturated heterocycles. The highest BCUT2D eigenvalue weighted by Crippen LogP contribution is 2.18. The third-order valence-electron chi connectivity index (χ3n) is 2.44. The summed E-state index contributed by atoms with van der Waals surface area (Å²) in [6, 6.07) is -0.257. The van der Waals surface area contributed by atoms with E-state index in [4.69, 9.17) is 5.11 Å². The van der Waals surface area contributed by atoms with Crippen molar-refractivity contribution in [2.45, 2.75) is 46.1 Å². The molecule has 1 heterocycles. The average Bonchev–Trinajstić information content (AvgIpc) is 2.72. The number of nitrogens with one attached hydrogen (secondary N) is 2.